The number of amides is 2. The van der Waals surface area contributed by atoms with E-state index in [-0.39, 0.29) is 34.5 Å². The Morgan fingerprint density at radius 2 is 1.75 bits per heavy atom. The van der Waals surface area contributed by atoms with E-state index in [1.807, 2.05) is 6.92 Å². The molecule has 3 heterocycles. The summed E-state index contributed by atoms with van der Waals surface area (Å²) < 4.78 is 43.5. The fourth-order valence-electron chi connectivity index (χ4n) is 5.81. The van der Waals surface area contributed by atoms with Gasteiger partial charge in [0, 0.05) is 56.4 Å². The first-order valence-electron chi connectivity index (χ1n) is 16.1. The highest BCUT2D eigenvalue weighted by molar-refractivity contribution is 7.89. The lowest BCUT2D eigenvalue weighted by Crippen LogP contribution is -2.49. The summed E-state index contributed by atoms with van der Waals surface area (Å²) >= 11 is 0. The van der Waals surface area contributed by atoms with E-state index in [2.05, 4.69) is 35.6 Å². The van der Waals surface area contributed by atoms with Crippen LogP contribution in [0.25, 0.3) is 10.9 Å². The third kappa shape index (κ3) is 8.85. The molecule has 52 heavy (non-hydrogen) atoms. The van der Waals surface area contributed by atoms with Crippen LogP contribution in [0.3, 0.4) is 0 Å². The Morgan fingerprint density at radius 3 is 2.40 bits per heavy atom. The molecular formula is C35H37FN8O7S. The van der Waals surface area contributed by atoms with Crippen LogP contribution in [0.2, 0.25) is 0 Å². The maximum atomic E-state index is 13.7. The van der Waals surface area contributed by atoms with Crippen LogP contribution in [0.15, 0.2) is 76.9 Å². The second-order valence-corrected chi connectivity index (χ2v) is 13.8. The molecule has 0 aliphatic carbocycles. The number of carbonyl (C=O) groups is 3. The monoisotopic (exact) mass is 732 g/mol. The van der Waals surface area contributed by atoms with Gasteiger partial charge in [-0.1, -0.05) is 23.8 Å². The molecule has 0 fully saturated rings. The summed E-state index contributed by atoms with van der Waals surface area (Å²) in [7, 11) is -4.31. The van der Waals surface area contributed by atoms with Crippen LogP contribution in [-0.4, -0.2) is 70.0 Å². The first-order chi connectivity index (χ1) is 24.7. The summed E-state index contributed by atoms with van der Waals surface area (Å²) in [6.45, 7) is 5.14. The SMILES string of the molecule is Cc1cc(C)c(S(=O)(=O)N[C@H](CNC(=O)c2cn(CCCNC(=O)c3ccc(F)nc3)c3cc(CNc4ncc[nH]4)ccc3c2=O)C(=O)O)c(C)c1. The van der Waals surface area contributed by atoms with Gasteiger partial charge >= 0.3 is 5.97 Å². The average Bonchev–Trinajstić information content (AvgIpc) is 3.61. The number of imidazole rings is 1. The van der Waals surface area contributed by atoms with Crippen molar-refractivity contribution in [1.29, 1.82) is 0 Å². The van der Waals surface area contributed by atoms with E-state index in [1.54, 1.807) is 61.1 Å². The molecule has 5 rings (SSSR count). The molecule has 1 atom stereocenters. The van der Waals surface area contributed by atoms with E-state index < -0.39 is 51.8 Å². The number of aliphatic carboxylic acids is 1. The minimum absolute atomic E-state index is 0.0580. The number of nitrogens with zero attached hydrogens (tertiary/aromatic N) is 3. The largest absolute Gasteiger partial charge is 0.480 e. The van der Waals surface area contributed by atoms with Gasteiger partial charge in [0.05, 0.1) is 16.0 Å². The molecule has 0 spiro atoms. The Hall–Kier alpha value is -5.94. The first-order valence-corrected chi connectivity index (χ1v) is 17.6. The normalized spacial score (nSPS) is 12.0. The number of sulfonamides is 1. The van der Waals surface area contributed by atoms with Crippen LogP contribution in [0.1, 0.15) is 49.4 Å². The molecule has 15 nitrogen and oxygen atoms in total. The summed E-state index contributed by atoms with van der Waals surface area (Å²) in [5, 5.41) is 18.3. The Labute approximate surface area is 297 Å². The molecule has 0 radical (unpaired) electrons. The van der Waals surface area contributed by atoms with Gasteiger partial charge in [-0.15, -0.1) is 0 Å². The number of aromatic nitrogens is 4. The van der Waals surface area contributed by atoms with Gasteiger partial charge in [0.2, 0.25) is 21.4 Å². The molecule has 0 unspecified atom stereocenters. The summed E-state index contributed by atoms with van der Waals surface area (Å²) in [5.41, 5.74) is 2.25. The lowest BCUT2D eigenvalue weighted by molar-refractivity contribution is -0.138. The van der Waals surface area contributed by atoms with E-state index in [0.717, 1.165) is 23.4 Å². The lowest BCUT2D eigenvalue weighted by atomic mass is 10.1. The number of aromatic amines is 1. The predicted molar refractivity (Wildman–Crippen MR) is 190 cm³/mol. The van der Waals surface area contributed by atoms with Crippen LogP contribution in [0.5, 0.6) is 0 Å². The number of hydrogen-bond acceptors (Lipinski definition) is 9. The number of carboxylic acids is 1. The van der Waals surface area contributed by atoms with Gasteiger partial charge in [-0.2, -0.15) is 9.11 Å². The van der Waals surface area contributed by atoms with Crippen molar-refractivity contribution in [2.45, 2.75) is 51.2 Å². The minimum Gasteiger partial charge on any atom is -0.480 e. The van der Waals surface area contributed by atoms with E-state index in [1.165, 1.54) is 12.3 Å². The molecular weight excluding hydrogens is 695 g/mol. The summed E-state index contributed by atoms with van der Waals surface area (Å²) in [4.78, 5) is 62.3. The van der Waals surface area contributed by atoms with E-state index in [4.69, 9.17) is 0 Å². The highest BCUT2D eigenvalue weighted by atomic mass is 32.2. The standard InChI is InChI=1S/C35H37FN8O7S/c1-20-13-21(2)31(22(3)14-20)52(50,51)43-27(34(48)49)18-41-33(47)26-19-44(12-4-9-37-32(46)24-6-8-29(36)40-17-24)28-15-23(5-7-25(28)30(26)45)16-42-35-38-10-11-39-35/h5-8,10-11,13-15,17,19,27,43H,4,9,12,16,18H2,1-3H3,(H,37,46)(H,41,47)(H,48,49)(H2,38,39,42)/t27-/m1/s1. The van der Waals surface area contributed by atoms with Crippen molar-refractivity contribution in [3.05, 3.63) is 117 Å². The quantitative estimate of drug-likeness (QED) is 0.0683. The van der Waals surface area contributed by atoms with Crippen molar-refractivity contribution in [1.82, 2.24) is 34.9 Å². The number of hydrogen-bond donors (Lipinski definition) is 6. The number of fused-ring (bicyclic) bond motifs is 1. The zero-order chi connectivity index (χ0) is 37.6. The zero-order valence-electron chi connectivity index (χ0n) is 28.5. The number of anilines is 1. The van der Waals surface area contributed by atoms with Crippen molar-refractivity contribution >= 4 is 44.7 Å². The number of nitrogens with one attached hydrogen (secondary N) is 5. The Kier molecular flexibility index (Phi) is 11.4. The fourth-order valence-corrected chi connectivity index (χ4v) is 7.45. The van der Waals surface area contributed by atoms with Crippen LogP contribution in [-0.2, 0) is 27.9 Å². The number of aryl methyl sites for hydroxylation is 4. The lowest BCUT2D eigenvalue weighted by Gasteiger charge is -2.19. The maximum Gasteiger partial charge on any atom is 0.323 e. The van der Waals surface area contributed by atoms with Crippen LogP contribution >= 0.6 is 0 Å². The van der Waals surface area contributed by atoms with Gasteiger partial charge in [-0.3, -0.25) is 19.2 Å². The van der Waals surface area contributed by atoms with Crippen molar-refractivity contribution in [3.8, 4) is 0 Å². The molecule has 17 heteroatoms. The van der Waals surface area contributed by atoms with Crippen LogP contribution in [0, 0.1) is 26.7 Å². The Morgan fingerprint density at radius 1 is 1.00 bits per heavy atom. The first kappa shape index (κ1) is 37.3. The van der Waals surface area contributed by atoms with Crippen molar-refractivity contribution in [3.63, 3.8) is 0 Å². The summed E-state index contributed by atoms with van der Waals surface area (Å²) in [5.74, 6) is -3.07. The molecule has 0 saturated carbocycles. The maximum absolute atomic E-state index is 13.7. The number of pyridine rings is 2. The van der Waals surface area contributed by atoms with Gasteiger partial charge in [0.25, 0.3) is 11.8 Å². The number of carbonyl (C=O) groups excluding carboxylic acids is 2. The third-order valence-electron chi connectivity index (χ3n) is 8.14. The van der Waals surface area contributed by atoms with Crippen molar-refractivity contribution in [2.75, 3.05) is 18.4 Å². The summed E-state index contributed by atoms with van der Waals surface area (Å²) in [6.07, 6.45) is 6.08. The molecule has 2 aromatic carbocycles. The molecule has 3 aromatic heterocycles. The van der Waals surface area contributed by atoms with E-state index >= 15 is 0 Å². The third-order valence-corrected chi connectivity index (χ3v) is 9.91. The zero-order valence-corrected chi connectivity index (χ0v) is 29.3. The molecule has 272 valence electrons. The number of benzene rings is 2. The minimum atomic E-state index is -4.31. The second-order valence-electron chi connectivity index (χ2n) is 12.1. The molecule has 0 aliphatic rings. The van der Waals surface area contributed by atoms with Crippen molar-refractivity contribution < 1.29 is 32.3 Å². The van der Waals surface area contributed by atoms with Crippen molar-refractivity contribution in [2.24, 2.45) is 0 Å². The molecule has 6 N–H and O–H groups in total. The molecule has 0 bridgehead atoms. The number of carboxylic acid groups (broad SMARTS) is 1. The molecule has 0 saturated heterocycles. The molecule has 2 amide bonds. The smallest absolute Gasteiger partial charge is 0.323 e. The van der Waals surface area contributed by atoms with Gasteiger partial charge < -0.3 is 30.6 Å². The van der Waals surface area contributed by atoms with Crippen LogP contribution in [0.4, 0.5) is 10.3 Å². The highest BCUT2D eigenvalue weighted by Crippen LogP contribution is 2.22. The number of rotatable bonds is 15. The van der Waals surface area contributed by atoms with Crippen LogP contribution < -0.4 is 26.1 Å². The Bertz CT molecular complexity index is 2270. The van der Waals surface area contributed by atoms with Gasteiger partial charge in [0.1, 0.15) is 11.6 Å². The summed E-state index contributed by atoms with van der Waals surface area (Å²) in [6, 6.07) is 9.04. The van der Waals surface area contributed by atoms with E-state index in [0.29, 0.717) is 35.6 Å². The van der Waals surface area contributed by atoms with E-state index in [9.17, 15) is 37.1 Å². The number of halogens is 1. The number of H-pyrrole nitrogens is 1. The second kappa shape index (κ2) is 15.9. The topological polar surface area (TPSA) is 217 Å². The van der Waals surface area contributed by atoms with Gasteiger partial charge in [-0.25, -0.2) is 18.4 Å². The highest BCUT2D eigenvalue weighted by Gasteiger charge is 2.29. The van der Waals surface area contributed by atoms with Gasteiger partial charge in [-0.05, 0) is 68.1 Å². The fraction of sp³-hybridized carbons (Fsp3) is 0.257. The average molecular weight is 733 g/mol. The molecule has 5 aromatic rings. The predicted octanol–water partition coefficient (Wildman–Crippen LogP) is 2.78. The van der Waals surface area contributed by atoms with Gasteiger partial charge in [0.15, 0.2) is 5.95 Å². The Balaban J connectivity index is 1.36. The molecule has 0 aliphatic heterocycles.